The first-order valence-corrected chi connectivity index (χ1v) is 6.43. The molecular weight excluding hydrogens is 244 g/mol. The van der Waals surface area contributed by atoms with Gasteiger partial charge in [-0.25, -0.2) is 0 Å². The smallest absolute Gasteiger partial charge is 0.0938 e. The number of hydrogen-bond acceptors (Lipinski definition) is 3. The molecule has 3 nitrogen and oxygen atoms in total. The molecule has 3 rings (SSSR count). The zero-order valence-electron chi connectivity index (χ0n) is 8.61. The van der Waals surface area contributed by atoms with Crippen molar-refractivity contribution in [1.29, 1.82) is 0 Å². The van der Waals surface area contributed by atoms with Crippen LogP contribution in [0, 0.1) is 0 Å². The van der Waals surface area contributed by atoms with E-state index in [9.17, 15) is 0 Å². The lowest BCUT2D eigenvalue weighted by Gasteiger charge is -2.14. The van der Waals surface area contributed by atoms with Crippen molar-refractivity contribution in [1.82, 2.24) is 9.78 Å². The van der Waals surface area contributed by atoms with E-state index in [0.717, 1.165) is 22.9 Å². The van der Waals surface area contributed by atoms with Gasteiger partial charge in [-0.3, -0.25) is 4.68 Å². The number of aromatic nitrogens is 2. The highest BCUT2D eigenvalue weighted by atomic mass is 35.5. The van der Waals surface area contributed by atoms with E-state index in [0.29, 0.717) is 6.54 Å². The predicted molar refractivity (Wildman–Crippen MR) is 65.0 cm³/mol. The van der Waals surface area contributed by atoms with Gasteiger partial charge in [0.25, 0.3) is 0 Å². The Balaban J connectivity index is 2.16. The number of thiophene rings is 1. The van der Waals surface area contributed by atoms with Crippen LogP contribution in [0.1, 0.15) is 10.4 Å². The van der Waals surface area contributed by atoms with Gasteiger partial charge in [0.2, 0.25) is 0 Å². The number of aliphatic hydroxyl groups excluding tert-OH is 1. The first-order chi connectivity index (χ1) is 7.79. The third-order valence-corrected chi connectivity index (χ3v) is 4.21. The standard InChI is InChI=1S/C11H11ClN2OS/c12-10-5-8-9(16-10)2-1-7-6-13-14(3-4-15)11(7)8/h5-6,15H,1-4H2. The Labute approximate surface area is 102 Å². The van der Waals surface area contributed by atoms with Crippen LogP contribution in [0.3, 0.4) is 0 Å². The predicted octanol–water partition coefficient (Wildman–Crippen LogP) is 2.36. The highest BCUT2D eigenvalue weighted by Crippen LogP contribution is 2.40. The van der Waals surface area contributed by atoms with Gasteiger partial charge in [0, 0.05) is 10.4 Å². The molecule has 0 spiro atoms. The summed E-state index contributed by atoms with van der Waals surface area (Å²) in [6, 6.07) is 2.01. The Kier molecular flexibility index (Phi) is 2.50. The summed E-state index contributed by atoms with van der Waals surface area (Å²) in [5.41, 5.74) is 3.59. The van der Waals surface area contributed by atoms with Gasteiger partial charge in [-0.05, 0) is 24.5 Å². The molecule has 0 saturated heterocycles. The first kappa shape index (κ1) is 10.3. The molecule has 0 aromatic carbocycles. The molecule has 2 heterocycles. The lowest BCUT2D eigenvalue weighted by atomic mass is 9.97. The van der Waals surface area contributed by atoms with E-state index in [1.54, 1.807) is 11.3 Å². The molecule has 1 aliphatic rings. The molecule has 2 aromatic heterocycles. The third kappa shape index (κ3) is 1.49. The second-order valence-electron chi connectivity index (χ2n) is 3.85. The van der Waals surface area contributed by atoms with Crippen LogP contribution < -0.4 is 0 Å². The van der Waals surface area contributed by atoms with Gasteiger partial charge in [-0.15, -0.1) is 11.3 Å². The molecule has 0 saturated carbocycles. The minimum atomic E-state index is 0.112. The molecular formula is C11H11ClN2OS. The lowest BCUT2D eigenvalue weighted by molar-refractivity contribution is 0.270. The molecule has 5 heteroatoms. The summed E-state index contributed by atoms with van der Waals surface area (Å²) in [4.78, 5) is 1.33. The van der Waals surface area contributed by atoms with Crippen molar-refractivity contribution >= 4 is 22.9 Å². The van der Waals surface area contributed by atoms with Crippen molar-refractivity contribution in [3.8, 4) is 11.3 Å². The zero-order valence-corrected chi connectivity index (χ0v) is 10.2. The lowest BCUT2D eigenvalue weighted by Crippen LogP contribution is -2.08. The Morgan fingerprint density at radius 1 is 1.50 bits per heavy atom. The third-order valence-electron chi connectivity index (χ3n) is 2.88. The summed E-state index contributed by atoms with van der Waals surface area (Å²) in [6.07, 6.45) is 3.97. The Morgan fingerprint density at radius 3 is 3.19 bits per heavy atom. The largest absolute Gasteiger partial charge is 0.394 e. The Hall–Kier alpha value is -0.840. The Morgan fingerprint density at radius 2 is 2.38 bits per heavy atom. The van der Waals surface area contributed by atoms with Crippen LogP contribution in [-0.2, 0) is 19.4 Å². The first-order valence-electron chi connectivity index (χ1n) is 5.23. The van der Waals surface area contributed by atoms with Crippen LogP contribution in [-0.4, -0.2) is 21.5 Å². The van der Waals surface area contributed by atoms with Crippen LogP contribution in [0.2, 0.25) is 4.34 Å². The minimum absolute atomic E-state index is 0.112. The second-order valence-corrected chi connectivity index (χ2v) is 5.62. The summed E-state index contributed by atoms with van der Waals surface area (Å²) in [7, 11) is 0. The monoisotopic (exact) mass is 254 g/mol. The van der Waals surface area contributed by atoms with Crippen molar-refractivity contribution in [2.45, 2.75) is 19.4 Å². The average Bonchev–Trinajstić information content (AvgIpc) is 2.81. The van der Waals surface area contributed by atoms with E-state index in [2.05, 4.69) is 5.10 Å². The fourth-order valence-corrected chi connectivity index (χ4v) is 3.48. The van der Waals surface area contributed by atoms with Gasteiger partial charge >= 0.3 is 0 Å². The highest BCUT2D eigenvalue weighted by molar-refractivity contribution is 7.16. The second kappa shape index (κ2) is 3.87. The summed E-state index contributed by atoms with van der Waals surface area (Å²) < 4.78 is 2.70. The van der Waals surface area contributed by atoms with Crippen LogP contribution in [0.15, 0.2) is 12.3 Å². The summed E-state index contributed by atoms with van der Waals surface area (Å²) in [5, 5.41) is 13.3. The molecule has 1 aliphatic carbocycles. The van der Waals surface area contributed by atoms with Gasteiger partial charge < -0.3 is 5.11 Å². The van der Waals surface area contributed by atoms with Gasteiger partial charge in [0.05, 0.1) is 29.4 Å². The van der Waals surface area contributed by atoms with Gasteiger partial charge in [-0.2, -0.15) is 5.10 Å². The molecule has 0 radical (unpaired) electrons. The molecule has 1 N–H and O–H groups in total. The van der Waals surface area contributed by atoms with Crippen LogP contribution in [0.5, 0.6) is 0 Å². The number of halogens is 1. The molecule has 2 aromatic rings. The molecule has 16 heavy (non-hydrogen) atoms. The van der Waals surface area contributed by atoms with Gasteiger partial charge in [0.1, 0.15) is 0 Å². The molecule has 0 amide bonds. The van der Waals surface area contributed by atoms with Crippen molar-refractivity contribution in [3.63, 3.8) is 0 Å². The maximum absolute atomic E-state index is 9.01. The van der Waals surface area contributed by atoms with E-state index >= 15 is 0 Å². The van der Waals surface area contributed by atoms with Gasteiger partial charge in [0.15, 0.2) is 0 Å². The maximum atomic E-state index is 9.01. The number of rotatable bonds is 2. The fourth-order valence-electron chi connectivity index (χ4n) is 2.21. The number of aliphatic hydroxyl groups is 1. The quantitative estimate of drug-likeness (QED) is 0.894. The molecule has 84 valence electrons. The van der Waals surface area contributed by atoms with E-state index in [4.69, 9.17) is 16.7 Å². The fraction of sp³-hybridized carbons (Fsp3) is 0.364. The van der Waals surface area contributed by atoms with E-state index in [1.807, 2.05) is 16.9 Å². The van der Waals surface area contributed by atoms with Crippen LogP contribution in [0.4, 0.5) is 0 Å². The number of fused-ring (bicyclic) bond motifs is 3. The van der Waals surface area contributed by atoms with Crippen molar-refractivity contribution in [2.75, 3.05) is 6.61 Å². The molecule has 0 bridgehead atoms. The number of hydrogen-bond donors (Lipinski definition) is 1. The zero-order chi connectivity index (χ0) is 11.1. The van der Waals surface area contributed by atoms with Crippen molar-refractivity contribution in [3.05, 3.63) is 27.0 Å². The minimum Gasteiger partial charge on any atom is -0.394 e. The van der Waals surface area contributed by atoms with E-state index < -0.39 is 0 Å². The van der Waals surface area contributed by atoms with Crippen LogP contribution >= 0.6 is 22.9 Å². The molecule has 0 fully saturated rings. The number of nitrogens with zero attached hydrogens (tertiary/aromatic N) is 2. The maximum Gasteiger partial charge on any atom is 0.0938 e. The SMILES string of the molecule is OCCn1ncc2c1-c1cc(Cl)sc1CC2. The van der Waals surface area contributed by atoms with E-state index in [1.165, 1.54) is 16.0 Å². The summed E-state index contributed by atoms with van der Waals surface area (Å²) in [6.45, 7) is 0.656. The van der Waals surface area contributed by atoms with Crippen LogP contribution in [0.25, 0.3) is 11.3 Å². The topological polar surface area (TPSA) is 38.0 Å². The van der Waals surface area contributed by atoms with Crippen molar-refractivity contribution in [2.24, 2.45) is 0 Å². The highest BCUT2D eigenvalue weighted by Gasteiger charge is 2.22. The summed E-state index contributed by atoms with van der Waals surface area (Å²) in [5.74, 6) is 0. The molecule has 0 aliphatic heterocycles. The van der Waals surface area contributed by atoms with Crippen molar-refractivity contribution < 1.29 is 5.11 Å². The van der Waals surface area contributed by atoms with E-state index in [-0.39, 0.29) is 6.61 Å². The molecule has 0 atom stereocenters. The normalized spacial score (nSPS) is 13.6. The summed E-state index contributed by atoms with van der Waals surface area (Å²) >= 11 is 7.70. The van der Waals surface area contributed by atoms with Gasteiger partial charge in [-0.1, -0.05) is 11.6 Å². The number of aryl methyl sites for hydroxylation is 2. The average molecular weight is 255 g/mol. The molecule has 0 unspecified atom stereocenters. The Bertz CT molecular complexity index is 532.